The number of aromatic nitrogens is 2. The van der Waals surface area contributed by atoms with E-state index in [0.29, 0.717) is 24.0 Å². The molecule has 1 aromatic heterocycles. The molecule has 32 heavy (non-hydrogen) atoms. The third-order valence-electron chi connectivity index (χ3n) is 7.65. The number of fused-ring (bicyclic) bond motifs is 1. The second kappa shape index (κ2) is 8.64. The Labute approximate surface area is 191 Å². The normalized spacial score (nSPS) is 27.7. The average molecular weight is 437 g/mol. The molecule has 6 nitrogen and oxygen atoms in total. The van der Waals surface area contributed by atoms with Crippen LogP contribution in [0, 0.1) is 31.6 Å². The molecule has 1 saturated heterocycles. The molecule has 0 radical (unpaired) electrons. The molecule has 1 amide bonds. The molecule has 2 heterocycles. The number of carbonyl (C=O) groups is 1. The lowest BCUT2D eigenvalue weighted by molar-refractivity contribution is -0.0493. The summed E-state index contributed by atoms with van der Waals surface area (Å²) in [6.07, 6.45) is 5.13. The molecule has 1 aliphatic heterocycles. The van der Waals surface area contributed by atoms with E-state index in [0.717, 1.165) is 61.1 Å². The Morgan fingerprint density at radius 2 is 1.78 bits per heavy atom. The summed E-state index contributed by atoms with van der Waals surface area (Å²) in [6.45, 7) is 6.68. The predicted molar refractivity (Wildman–Crippen MR) is 125 cm³/mol. The molecule has 0 spiro atoms. The zero-order valence-corrected chi connectivity index (χ0v) is 19.8. The van der Waals surface area contributed by atoms with Crippen molar-refractivity contribution in [3.05, 3.63) is 47.3 Å². The van der Waals surface area contributed by atoms with Crippen LogP contribution < -0.4 is 0 Å². The Bertz CT molecular complexity index is 963. The van der Waals surface area contributed by atoms with Crippen LogP contribution in [0.1, 0.15) is 47.4 Å². The van der Waals surface area contributed by atoms with Gasteiger partial charge in [0.25, 0.3) is 5.91 Å². The van der Waals surface area contributed by atoms with Crippen molar-refractivity contribution >= 4 is 5.91 Å². The largest absolute Gasteiger partial charge is 0.376 e. The minimum absolute atomic E-state index is 0.149. The van der Waals surface area contributed by atoms with E-state index in [-0.39, 0.29) is 5.91 Å². The van der Waals surface area contributed by atoms with Crippen molar-refractivity contribution in [3.63, 3.8) is 0 Å². The Balaban J connectivity index is 1.25. The minimum atomic E-state index is 0.149. The molecular formula is C26H36N4O2. The standard InChI is InChI=1S/C26H36N4O2/c1-17-11-18(2)30(27-17)23-9-7-20(8-10-23)26(31)29-14-21-12-24(28(3)4)25(13-22(21)15-29)32-16-19-5-6-19/h7-11,19,21-22,24-25H,5-6,12-16H2,1-4H3/t21-,22+,24-,25-/m1/s1. The van der Waals surface area contributed by atoms with Crippen LogP contribution in [-0.4, -0.2) is 71.4 Å². The monoisotopic (exact) mass is 436 g/mol. The van der Waals surface area contributed by atoms with Crippen LogP contribution in [0.15, 0.2) is 30.3 Å². The summed E-state index contributed by atoms with van der Waals surface area (Å²) in [5.41, 5.74) is 3.85. The highest BCUT2D eigenvalue weighted by Crippen LogP contribution is 2.40. The number of ether oxygens (including phenoxy) is 1. The van der Waals surface area contributed by atoms with Gasteiger partial charge in [-0.3, -0.25) is 4.79 Å². The van der Waals surface area contributed by atoms with Crippen LogP contribution in [0.25, 0.3) is 5.69 Å². The number of nitrogens with zero attached hydrogens (tertiary/aromatic N) is 4. The highest BCUT2D eigenvalue weighted by molar-refractivity contribution is 5.94. The topological polar surface area (TPSA) is 50.6 Å². The van der Waals surface area contributed by atoms with Gasteiger partial charge < -0.3 is 14.5 Å². The van der Waals surface area contributed by atoms with E-state index in [9.17, 15) is 4.79 Å². The molecule has 0 unspecified atom stereocenters. The van der Waals surface area contributed by atoms with E-state index in [4.69, 9.17) is 4.74 Å². The van der Waals surface area contributed by atoms with Crippen LogP contribution in [0.4, 0.5) is 0 Å². The van der Waals surface area contributed by atoms with Gasteiger partial charge in [-0.15, -0.1) is 0 Å². The first kappa shape index (κ1) is 21.7. The van der Waals surface area contributed by atoms with Crippen molar-refractivity contribution in [1.82, 2.24) is 19.6 Å². The van der Waals surface area contributed by atoms with E-state index >= 15 is 0 Å². The highest BCUT2D eigenvalue weighted by Gasteiger charge is 2.45. The van der Waals surface area contributed by atoms with Gasteiger partial charge in [-0.25, -0.2) is 4.68 Å². The number of hydrogen-bond acceptors (Lipinski definition) is 4. The lowest BCUT2D eigenvalue weighted by Crippen LogP contribution is -2.48. The van der Waals surface area contributed by atoms with Crippen molar-refractivity contribution in [2.45, 2.75) is 51.7 Å². The first-order valence-corrected chi connectivity index (χ1v) is 12.1. The number of likely N-dealkylation sites (N-methyl/N-ethyl adjacent to an activating group) is 1. The average Bonchev–Trinajstić information content (AvgIpc) is 3.41. The molecule has 2 aromatic rings. The zero-order chi connectivity index (χ0) is 22.4. The summed E-state index contributed by atoms with van der Waals surface area (Å²) < 4.78 is 8.31. The summed E-state index contributed by atoms with van der Waals surface area (Å²) in [5, 5.41) is 4.54. The maximum Gasteiger partial charge on any atom is 0.253 e. The van der Waals surface area contributed by atoms with Gasteiger partial charge in [-0.2, -0.15) is 5.10 Å². The number of amides is 1. The smallest absolute Gasteiger partial charge is 0.253 e. The van der Waals surface area contributed by atoms with Gasteiger partial charge in [0.15, 0.2) is 0 Å². The molecule has 0 N–H and O–H groups in total. The zero-order valence-electron chi connectivity index (χ0n) is 19.8. The van der Waals surface area contributed by atoms with E-state index < -0.39 is 0 Å². The molecule has 6 heteroatoms. The van der Waals surface area contributed by atoms with Gasteiger partial charge in [0, 0.05) is 37.0 Å². The maximum absolute atomic E-state index is 13.3. The van der Waals surface area contributed by atoms with Crippen molar-refractivity contribution in [2.24, 2.45) is 17.8 Å². The van der Waals surface area contributed by atoms with Crippen LogP contribution in [0.2, 0.25) is 0 Å². The fourth-order valence-corrected chi connectivity index (χ4v) is 5.64. The Hall–Kier alpha value is -2.18. The third-order valence-corrected chi connectivity index (χ3v) is 7.65. The van der Waals surface area contributed by atoms with Gasteiger partial charge in [0.05, 0.1) is 17.5 Å². The third kappa shape index (κ3) is 4.35. The van der Waals surface area contributed by atoms with E-state index in [1.165, 1.54) is 12.8 Å². The Morgan fingerprint density at radius 1 is 1.09 bits per heavy atom. The molecule has 3 fully saturated rings. The van der Waals surface area contributed by atoms with Gasteiger partial charge in [0.1, 0.15) is 0 Å². The number of hydrogen-bond donors (Lipinski definition) is 0. The lowest BCUT2D eigenvalue weighted by atomic mass is 9.77. The van der Waals surface area contributed by atoms with Gasteiger partial charge >= 0.3 is 0 Å². The number of aryl methyl sites for hydroxylation is 2. The summed E-state index contributed by atoms with van der Waals surface area (Å²) >= 11 is 0. The Morgan fingerprint density at radius 3 is 2.38 bits per heavy atom. The number of likely N-dealkylation sites (tertiary alicyclic amines) is 1. The summed E-state index contributed by atoms with van der Waals surface area (Å²) in [5.74, 6) is 2.06. The molecule has 1 aromatic carbocycles. The van der Waals surface area contributed by atoms with E-state index in [2.05, 4.69) is 35.1 Å². The van der Waals surface area contributed by atoms with E-state index in [1.807, 2.05) is 42.8 Å². The van der Waals surface area contributed by atoms with Crippen molar-refractivity contribution in [2.75, 3.05) is 33.8 Å². The molecule has 172 valence electrons. The second-order valence-corrected chi connectivity index (χ2v) is 10.4. The predicted octanol–water partition coefficient (Wildman–Crippen LogP) is 3.70. The lowest BCUT2D eigenvalue weighted by Gasteiger charge is -2.41. The molecule has 3 aliphatic rings. The SMILES string of the molecule is Cc1cc(C)n(-c2ccc(C(=O)N3C[C@H]4C[C@@H](N(C)C)[C@H](OCC5CC5)C[C@H]4C3)cc2)n1. The summed E-state index contributed by atoms with van der Waals surface area (Å²) in [7, 11) is 4.33. The fraction of sp³-hybridized carbons (Fsp3) is 0.615. The number of benzene rings is 1. The minimum Gasteiger partial charge on any atom is -0.376 e. The van der Waals surface area contributed by atoms with Gasteiger partial charge in [0.2, 0.25) is 0 Å². The van der Waals surface area contributed by atoms with E-state index in [1.54, 1.807) is 0 Å². The summed E-state index contributed by atoms with van der Waals surface area (Å²) in [6, 6.07) is 10.4. The molecule has 5 rings (SSSR count). The first-order valence-electron chi connectivity index (χ1n) is 12.1. The highest BCUT2D eigenvalue weighted by atomic mass is 16.5. The maximum atomic E-state index is 13.3. The van der Waals surface area contributed by atoms with Crippen LogP contribution in [0.3, 0.4) is 0 Å². The van der Waals surface area contributed by atoms with Crippen LogP contribution in [0.5, 0.6) is 0 Å². The van der Waals surface area contributed by atoms with Gasteiger partial charge in [-0.05, 0) is 102 Å². The summed E-state index contributed by atoms with van der Waals surface area (Å²) in [4.78, 5) is 17.7. The quantitative estimate of drug-likeness (QED) is 0.693. The van der Waals surface area contributed by atoms with Crippen LogP contribution in [-0.2, 0) is 4.74 Å². The van der Waals surface area contributed by atoms with Crippen LogP contribution >= 0.6 is 0 Å². The van der Waals surface area contributed by atoms with Crippen molar-refractivity contribution < 1.29 is 9.53 Å². The second-order valence-electron chi connectivity index (χ2n) is 10.4. The van der Waals surface area contributed by atoms with Crippen molar-refractivity contribution in [1.29, 1.82) is 0 Å². The molecule has 0 bridgehead atoms. The fourth-order valence-electron chi connectivity index (χ4n) is 5.64. The molecule has 4 atom stereocenters. The molecule has 2 saturated carbocycles. The van der Waals surface area contributed by atoms with Crippen molar-refractivity contribution in [3.8, 4) is 5.69 Å². The molecular weight excluding hydrogens is 400 g/mol. The molecule has 2 aliphatic carbocycles. The number of rotatable bonds is 6. The first-order chi connectivity index (χ1) is 15.4. The number of carbonyl (C=O) groups excluding carboxylic acids is 1. The van der Waals surface area contributed by atoms with Gasteiger partial charge in [-0.1, -0.05) is 0 Å². The Kier molecular flexibility index (Phi) is 5.84.